The molecule has 0 aliphatic heterocycles. The highest BCUT2D eigenvalue weighted by molar-refractivity contribution is 5.71. The molecule has 0 bridgehead atoms. The molecule has 0 aliphatic rings. The Kier molecular flexibility index (Phi) is 4.79. The normalized spacial score (nSPS) is 11.3. The SMILES string of the molecule is C=C(CC)/N=C\C=C/C. The zero-order valence-corrected chi connectivity index (χ0v) is 6.09. The summed E-state index contributed by atoms with van der Waals surface area (Å²) in [4.78, 5) is 4.03. The van der Waals surface area contributed by atoms with Gasteiger partial charge in [0, 0.05) is 11.9 Å². The molecular formula is C8H13N. The molecule has 0 amide bonds. The Morgan fingerprint density at radius 3 is 2.78 bits per heavy atom. The zero-order valence-electron chi connectivity index (χ0n) is 6.09. The average Bonchev–Trinajstić information content (AvgIpc) is 1.89. The third-order valence-corrected chi connectivity index (χ3v) is 0.944. The molecule has 0 aromatic rings. The van der Waals surface area contributed by atoms with Crippen molar-refractivity contribution < 1.29 is 0 Å². The van der Waals surface area contributed by atoms with E-state index >= 15 is 0 Å². The number of hydrogen-bond acceptors (Lipinski definition) is 1. The van der Waals surface area contributed by atoms with Crippen LogP contribution < -0.4 is 0 Å². The molecule has 0 saturated heterocycles. The maximum atomic E-state index is 4.03. The van der Waals surface area contributed by atoms with Gasteiger partial charge >= 0.3 is 0 Å². The number of hydrogen-bond donors (Lipinski definition) is 0. The van der Waals surface area contributed by atoms with Gasteiger partial charge in [-0.05, 0) is 19.4 Å². The summed E-state index contributed by atoms with van der Waals surface area (Å²) >= 11 is 0. The first-order chi connectivity index (χ1) is 4.31. The molecule has 0 radical (unpaired) electrons. The second-order valence-corrected chi connectivity index (χ2v) is 1.72. The second-order valence-electron chi connectivity index (χ2n) is 1.72. The maximum absolute atomic E-state index is 4.03. The Morgan fingerprint density at radius 1 is 1.67 bits per heavy atom. The lowest BCUT2D eigenvalue weighted by molar-refractivity contribution is 1.08. The summed E-state index contributed by atoms with van der Waals surface area (Å²) in [7, 11) is 0. The van der Waals surface area contributed by atoms with Crippen molar-refractivity contribution in [3.8, 4) is 0 Å². The van der Waals surface area contributed by atoms with Gasteiger partial charge < -0.3 is 0 Å². The van der Waals surface area contributed by atoms with Crippen LogP contribution in [0.4, 0.5) is 0 Å². The van der Waals surface area contributed by atoms with E-state index in [1.807, 2.05) is 26.0 Å². The molecule has 9 heavy (non-hydrogen) atoms. The fourth-order valence-corrected chi connectivity index (χ4v) is 0.326. The summed E-state index contributed by atoms with van der Waals surface area (Å²) in [6.45, 7) is 7.71. The van der Waals surface area contributed by atoms with E-state index in [0.29, 0.717) is 0 Å². The average molecular weight is 123 g/mol. The molecule has 0 rings (SSSR count). The Labute approximate surface area is 56.8 Å². The van der Waals surface area contributed by atoms with E-state index in [4.69, 9.17) is 0 Å². The lowest BCUT2D eigenvalue weighted by atomic mass is 10.4. The van der Waals surface area contributed by atoms with Gasteiger partial charge in [0.25, 0.3) is 0 Å². The van der Waals surface area contributed by atoms with Crippen LogP contribution in [-0.2, 0) is 0 Å². The fourth-order valence-electron chi connectivity index (χ4n) is 0.326. The molecule has 0 aromatic heterocycles. The third kappa shape index (κ3) is 5.01. The highest BCUT2D eigenvalue weighted by Crippen LogP contribution is 1.95. The highest BCUT2D eigenvalue weighted by Gasteiger charge is 1.77. The van der Waals surface area contributed by atoms with Gasteiger partial charge in [0.1, 0.15) is 0 Å². The van der Waals surface area contributed by atoms with Gasteiger partial charge in [-0.2, -0.15) is 0 Å². The third-order valence-electron chi connectivity index (χ3n) is 0.944. The van der Waals surface area contributed by atoms with Crippen molar-refractivity contribution in [1.29, 1.82) is 0 Å². The number of aliphatic imine (C=N–C) groups is 1. The first kappa shape index (κ1) is 8.15. The van der Waals surface area contributed by atoms with E-state index < -0.39 is 0 Å². The molecule has 0 atom stereocenters. The second kappa shape index (κ2) is 5.29. The Hall–Kier alpha value is -0.850. The topological polar surface area (TPSA) is 12.4 Å². The van der Waals surface area contributed by atoms with Crippen LogP contribution in [-0.4, -0.2) is 6.21 Å². The van der Waals surface area contributed by atoms with Crippen molar-refractivity contribution in [2.75, 3.05) is 0 Å². The van der Waals surface area contributed by atoms with Gasteiger partial charge in [-0.15, -0.1) is 0 Å². The molecule has 50 valence electrons. The van der Waals surface area contributed by atoms with E-state index in [2.05, 4.69) is 11.6 Å². The summed E-state index contributed by atoms with van der Waals surface area (Å²) in [5.41, 5.74) is 0.924. The minimum absolute atomic E-state index is 0.924. The van der Waals surface area contributed by atoms with Crippen molar-refractivity contribution in [2.24, 2.45) is 4.99 Å². The number of nitrogens with zero attached hydrogens (tertiary/aromatic N) is 1. The van der Waals surface area contributed by atoms with Crippen molar-refractivity contribution >= 4 is 6.21 Å². The van der Waals surface area contributed by atoms with E-state index in [0.717, 1.165) is 12.1 Å². The monoisotopic (exact) mass is 123 g/mol. The smallest absolute Gasteiger partial charge is 0.0329 e. The molecule has 1 nitrogen and oxygen atoms in total. The van der Waals surface area contributed by atoms with E-state index in [1.165, 1.54) is 0 Å². The Balaban J connectivity index is 3.57. The molecule has 0 fully saturated rings. The standard InChI is InChI=1S/C8H13N/c1-4-6-7-9-8(3)5-2/h4,6-7H,3,5H2,1-2H3/b6-4-,9-7-. The van der Waals surface area contributed by atoms with Gasteiger partial charge in [-0.3, -0.25) is 4.99 Å². The molecule has 0 saturated carbocycles. The van der Waals surface area contributed by atoms with Gasteiger partial charge in [0.15, 0.2) is 0 Å². The summed E-state index contributed by atoms with van der Waals surface area (Å²) in [5, 5.41) is 0. The van der Waals surface area contributed by atoms with Crippen LogP contribution in [0.15, 0.2) is 29.4 Å². The summed E-state index contributed by atoms with van der Waals surface area (Å²) in [6, 6.07) is 0. The van der Waals surface area contributed by atoms with Crippen LogP contribution in [0.5, 0.6) is 0 Å². The van der Waals surface area contributed by atoms with Crippen LogP contribution in [0.3, 0.4) is 0 Å². The first-order valence-corrected chi connectivity index (χ1v) is 3.14. The predicted molar refractivity (Wildman–Crippen MR) is 42.7 cm³/mol. The van der Waals surface area contributed by atoms with Crippen LogP contribution in [0.1, 0.15) is 20.3 Å². The fraction of sp³-hybridized carbons (Fsp3) is 0.375. The molecule has 0 aliphatic carbocycles. The van der Waals surface area contributed by atoms with Gasteiger partial charge in [0.2, 0.25) is 0 Å². The Morgan fingerprint density at radius 2 is 2.33 bits per heavy atom. The van der Waals surface area contributed by atoms with Gasteiger partial charge in [-0.1, -0.05) is 19.6 Å². The van der Waals surface area contributed by atoms with Crippen molar-refractivity contribution in [1.82, 2.24) is 0 Å². The van der Waals surface area contributed by atoms with E-state index in [1.54, 1.807) is 6.21 Å². The van der Waals surface area contributed by atoms with Crippen LogP contribution >= 0.6 is 0 Å². The van der Waals surface area contributed by atoms with E-state index in [-0.39, 0.29) is 0 Å². The number of rotatable bonds is 3. The molecule has 0 spiro atoms. The summed E-state index contributed by atoms with van der Waals surface area (Å²) in [5.74, 6) is 0. The minimum atomic E-state index is 0.924. The van der Waals surface area contributed by atoms with Crippen LogP contribution in [0.25, 0.3) is 0 Å². The highest BCUT2D eigenvalue weighted by atomic mass is 14.7. The molecule has 0 aromatic carbocycles. The molecule has 1 heteroatoms. The lowest BCUT2D eigenvalue weighted by Gasteiger charge is -1.86. The predicted octanol–water partition coefficient (Wildman–Crippen LogP) is 2.56. The summed E-state index contributed by atoms with van der Waals surface area (Å²) < 4.78 is 0. The zero-order chi connectivity index (χ0) is 7.11. The lowest BCUT2D eigenvalue weighted by Crippen LogP contribution is -1.70. The van der Waals surface area contributed by atoms with Gasteiger partial charge in [0.05, 0.1) is 0 Å². The minimum Gasteiger partial charge on any atom is -0.262 e. The molecule has 0 unspecified atom stereocenters. The first-order valence-electron chi connectivity index (χ1n) is 3.14. The summed E-state index contributed by atoms with van der Waals surface area (Å²) in [6.07, 6.45) is 6.51. The Bertz CT molecular complexity index is 132. The molecule has 0 N–H and O–H groups in total. The van der Waals surface area contributed by atoms with Crippen molar-refractivity contribution in [2.45, 2.75) is 20.3 Å². The number of allylic oxidation sites excluding steroid dienone is 3. The van der Waals surface area contributed by atoms with Crippen LogP contribution in [0, 0.1) is 0 Å². The van der Waals surface area contributed by atoms with Crippen LogP contribution in [0.2, 0.25) is 0 Å². The van der Waals surface area contributed by atoms with Crippen molar-refractivity contribution in [3.63, 3.8) is 0 Å². The molecular weight excluding hydrogens is 110 g/mol. The largest absolute Gasteiger partial charge is 0.262 e. The molecule has 0 heterocycles. The quantitative estimate of drug-likeness (QED) is 0.511. The van der Waals surface area contributed by atoms with E-state index in [9.17, 15) is 0 Å². The van der Waals surface area contributed by atoms with Gasteiger partial charge in [-0.25, -0.2) is 0 Å². The maximum Gasteiger partial charge on any atom is 0.0329 e. The van der Waals surface area contributed by atoms with Crippen molar-refractivity contribution in [3.05, 3.63) is 24.4 Å².